The first kappa shape index (κ1) is 19.0. The number of amides is 1. The molecular formula is C20H28N2O3. The first-order valence-electron chi connectivity index (χ1n) is 9.05. The number of benzene rings is 1. The van der Waals surface area contributed by atoms with Crippen LogP contribution in [0.5, 0.6) is 0 Å². The summed E-state index contributed by atoms with van der Waals surface area (Å²) in [6.07, 6.45) is 7.66. The number of hydrogen-bond acceptors (Lipinski definition) is 4. The van der Waals surface area contributed by atoms with Crippen LogP contribution in [0.4, 0.5) is 5.69 Å². The number of anilines is 1. The molecule has 25 heavy (non-hydrogen) atoms. The summed E-state index contributed by atoms with van der Waals surface area (Å²) in [6, 6.07) is 7.87. The Morgan fingerprint density at radius 2 is 1.84 bits per heavy atom. The van der Waals surface area contributed by atoms with E-state index in [0.717, 1.165) is 30.0 Å². The Balaban J connectivity index is 1.73. The highest BCUT2D eigenvalue weighted by Gasteiger charge is 2.19. The first-order chi connectivity index (χ1) is 12.1. The van der Waals surface area contributed by atoms with E-state index >= 15 is 0 Å². The topological polar surface area (TPSA) is 67.4 Å². The third-order valence-corrected chi connectivity index (χ3v) is 4.44. The van der Waals surface area contributed by atoms with Gasteiger partial charge in [-0.25, -0.2) is 4.79 Å². The van der Waals surface area contributed by atoms with Gasteiger partial charge in [-0.15, -0.1) is 0 Å². The molecule has 0 aliphatic heterocycles. The van der Waals surface area contributed by atoms with Crippen molar-refractivity contribution in [3.05, 3.63) is 35.9 Å². The molecule has 0 spiro atoms. The summed E-state index contributed by atoms with van der Waals surface area (Å²) >= 11 is 0. The summed E-state index contributed by atoms with van der Waals surface area (Å²) in [7, 11) is 0. The Labute approximate surface area is 149 Å². The molecule has 1 fully saturated rings. The lowest BCUT2D eigenvalue weighted by Crippen LogP contribution is -2.40. The predicted molar refractivity (Wildman–Crippen MR) is 100 cm³/mol. The average Bonchev–Trinajstić information content (AvgIpc) is 2.61. The van der Waals surface area contributed by atoms with Crippen molar-refractivity contribution in [2.75, 3.05) is 18.5 Å². The van der Waals surface area contributed by atoms with E-state index < -0.39 is 0 Å². The van der Waals surface area contributed by atoms with Gasteiger partial charge in [0.2, 0.25) is 5.91 Å². The zero-order valence-electron chi connectivity index (χ0n) is 15.1. The zero-order valence-corrected chi connectivity index (χ0v) is 15.1. The molecule has 1 aromatic carbocycles. The van der Waals surface area contributed by atoms with E-state index in [1.54, 1.807) is 13.0 Å². The van der Waals surface area contributed by atoms with Crippen LogP contribution in [0.15, 0.2) is 30.3 Å². The van der Waals surface area contributed by atoms with Gasteiger partial charge in [-0.1, -0.05) is 19.1 Å². The van der Waals surface area contributed by atoms with Gasteiger partial charge in [0.15, 0.2) is 0 Å². The van der Waals surface area contributed by atoms with Gasteiger partial charge in [0, 0.05) is 17.8 Å². The van der Waals surface area contributed by atoms with Crippen LogP contribution in [0, 0.1) is 5.92 Å². The van der Waals surface area contributed by atoms with Crippen LogP contribution in [0.25, 0.3) is 6.08 Å². The molecule has 0 unspecified atom stereocenters. The maximum atomic E-state index is 12.0. The molecule has 1 aliphatic rings. The Morgan fingerprint density at radius 1 is 1.16 bits per heavy atom. The maximum absolute atomic E-state index is 12.0. The Bertz CT molecular complexity index is 587. The standard InChI is InChI=1S/C20H28N2O3/c1-3-25-20(24)13-8-16-6-11-17(12-7-16)21-14-19(23)22-18-9-4-15(2)5-10-18/h6-8,11-13,15,18,21H,3-5,9-10,14H2,1-2H3,(H,22,23)/b13-8+. The highest BCUT2D eigenvalue weighted by molar-refractivity contribution is 5.87. The van der Waals surface area contributed by atoms with Crippen LogP contribution in [0.3, 0.4) is 0 Å². The van der Waals surface area contributed by atoms with Crippen molar-refractivity contribution in [2.45, 2.75) is 45.6 Å². The van der Waals surface area contributed by atoms with Gasteiger partial charge in [0.1, 0.15) is 0 Å². The molecule has 1 saturated carbocycles. The molecule has 0 aromatic heterocycles. The minimum absolute atomic E-state index is 0.0332. The van der Waals surface area contributed by atoms with Crippen LogP contribution in [-0.4, -0.2) is 31.1 Å². The molecule has 1 aromatic rings. The number of ether oxygens (including phenoxy) is 1. The smallest absolute Gasteiger partial charge is 0.330 e. The Kier molecular flexibility index (Phi) is 7.51. The van der Waals surface area contributed by atoms with Crippen molar-refractivity contribution in [3.63, 3.8) is 0 Å². The van der Waals surface area contributed by atoms with Crippen molar-refractivity contribution in [3.8, 4) is 0 Å². The highest BCUT2D eigenvalue weighted by Crippen LogP contribution is 2.23. The molecule has 1 aliphatic carbocycles. The fourth-order valence-electron chi connectivity index (χ4n) is 2.93. The summed E-state index contributed by atoms with van der Waals surface area (Å²) in [4.78, 5) is 23.3. The Morgan fingerprint density at radius 3 is 2.48 bits per heavy atom. The van der Waals surface area contributed by atoms with Crippen LogP contribution >= 0.6 is 0 Å². The predicted octanol–water partition coefficient (Wildman–Crippen LogP) is 3.37. The molecule has 136 valence electrons. The van der Waals surface area contributed by atoms with Gasteiger partial charge in [0.05, 0.1) is 13.2 Å². The van der Waals surface area contributed by atoms with Crippen molar-refractivity contribution in [2.24, 2.45) is 5.92 Å². The summed E-state index contributed by atoms with van der Waals surface area (Å²) in [5.74, 6) is 0.465. The number of rotatable bonds is 7. The second-order valence-electron chi connectivity index (χ2n) is 6.59. The van der Waals surface area contributed by atoms with E-state index in [9.17, 15) is 9.59 Å². The van der Waals surface area contributed by atoms with Crippen molar-refractivity contribution < 1.29 is 14.3 Å². The minimum Gasteiger partial charge on any atom is -0.463 e. The van der Waals surface area contributed by atoms with E-state index in [0.29, 0.717) is 12.6 Å². The SMILES string of the molecule is CCOC(=O)/C=C/c1ccc(NCC(=O)NC2CCC(C)CC2)cc1. The molecule has 5 heteroatoms. The van der Waals surface area contributed by atoms with E-state index in [4.69, 9.17) is 4.74 Å². The van der Waals surface area contributed by atoms with Crippen LogP contribution in [0.1, 0.15) is 45.1 Å². The van der Waals surface area contributed by atoms with Gasteiger partial charge >= 0.3 is 5.97 Å². The molecule has 0 bridgehead atoms. The summed E-state index contributed by atoms with van der Waals surface area (Å²) < 4.78 is 4.84. The van der Waals surface area contributed by atoms with Gasteiger partial charge in [-0.2, -0.15) is 0 Å². The van der Waals surface area contributed by atoms with Crippen molar-refractivity contribution >= 4 is 23.6 Å². The van der Waals surface area contributed by atoms with Crippen LogP contribution in [0.2, 0.25) is 0 Å². The molecular weight excluding hydrogens is 316 g/mol. The molecule has 2 rings (SSSR count). The first-order valence-corrected chi connectivity index (χ1v) is 9.05. The number of hydrogen-bond donors (Lipinski definition) is 2. The summed E-state index contributed by atoms with van der Waals surface area (Å²) in [5.41, 5.74) is 1.78. The second-order valence-corrected chi connectivity index (χ2v) is 6.59. The lowest BCUT2D eigenvalue weighted by molar-refractivity contribution is -0.137. The average molecular weight is 344 g/mol. The molecule has 2 N–H and O–H groups in total. The number of nitrogens with one attached hydrogen (secondary N) is 2. The fourth-order valence-corrected chi connectivity index (χ4v) is 2.93. The largest absolute Gasteiger partial charge is 0.463 e. The normalized spacial score (nSPS) is 20.2. The third-order valence-electron chi connectivity index (χ3n) is 4.44. The third kappa shape index (κ3) is 6.99. The lowest BCUT2D eigenvalue weighted by atomic mass is 9.87. The summed E-state index contributed by atoms with van der Waals surface area (Å²) in [5, 5.41) is 6.23. The zero-order chi connectivity index (χ0) is 18.1. The minimum atomic E-state index is -0.349. The number of carbonyl (C=O) groups excluding carboxylic acids is 2. The van der Waals surface area contributed by atoms with Crippen LogP contribution in [-0.2, 0) is 14.3 Å². The second kappa shape index (κ2) is 9.87. The van der Waals surface area contributed by atoms with Gasteiger partial charge in [0.25, 0.3) is 0 Å². The molecule has 5 nitrogen and oxygen atoms in total. The Hall–Kier alpha value is -2.30. The quantitative estimate of drug-likeness (QED) is 0.588. The number of carbonyl (C=O) groups is 2. The van der Waals surface area contributed by atoms with Crippen LogP contribution < -0.4 is 10.6 Å². The van der Waals surface area contributed by atoms with E-state index in [2.05, 4.69) is 17.6 Å². The molecule has 0 radical (unpaired) electrons. The van der Waals surface area contributed by atoms with E-state index in [1.807, 2.05) is 24.3 Å². The molecule has 0 heterocycles. The maximum Gasteiger partial charge on any atom is 0.330 e. The van der Waals surface area contributed by atoms with Gasteiger partial charge in [-0.3, -0.25) is 4.79 Å². The molecule has 1 amide bonds. The lowest BCUT2D eigenvalue weighted by Gasteiger charge is -2.27. The van der Waals surface area contributed by atoms with Crippen molar-refractivity contribution in [1.29, 1.82) is 0 Å². The van der Waals surface area contributed by atoms with Crippen molar-refractivity contribution in [1.82, 2.24) is 5.32 Å². The highest BCUT2D eigenvalue weighted by atomic mass is 16.5. The monoisotopic (exact) mass is 344 g/mol. The van der Waals surface area contributed by atoms with Gasteiger partial charge in [-0.05, 0) is 62.3 Å². The van der Waals surface area contributed by atoms with E-state index in [1.165, 1.54) is 18.9 Å². The fraction of sp³-hybridized carbons (Fsp3) is 0.500. The van der Waals surface area contributed by atoms with E-state index in [-0.39, 0.29) is 18.4 Å². The summed E-state index contributed by atoms with van der Waals surface area (Å²) in [6.45, 7) is 4.68. The molecule has 0 saturated heterocycles. The molecule has 0 atom stereocenters. The number of esters is 1. The van der Waals surface area contributed by atoms with Gasteiger partial charge < -0.3 is 15.4 Å².